The van der Waals surface area contributed by atoms with Gasteiger partial charge in [0.15, 0.2) is 5.13 Å². The minimum absolute atomic E-state index is 0.120. The maximum absolute atomic E-state index is 12.2. The first kappa shape index (κ1) is 19.2. The molecule has 27 heavy (non-hydrogen) atoms. The Bertz CT molecular complexity index is 879. The van der Waals surface area contributed by atoms with Crippen LogP contribution in [0.15, 0.2) is 12.1 Å². The lowest BCUT2D eigenvalue weighted by Gasteiger charge is -2.16. The Morgan fingerprint density at radius 2 is 2.00 bits per heavy atom. The number of benzene rings is 1. The average molecular weight is 389 g/mol. The van der Waals surface area contributed by atoms with Gasteiger partial charge in [-0.25, -0.2) is 4.98 Å². The van der Waals surface area contributed by atoms with E-state index in [2.05, 4.69) is 27.8 Å². The number of aryl methyl sites for hydroxylation is 2. The van der Waals surface area contributed by atoms with E-state index in [1.807, 2.05) is 0 Å². The highest BCUT2D eigenvalue weighted by molar-refractivity contribution is 7.22. The van der Waals surface area contributed by atoms with Gasteiger partial charge in [0.1, 0.15) is 0 Å². The van der Waals surface area contributed by atoms with Crippen LogP contribution in [-0.4, -0.2) is 54.3 Å². The molecule has 4 N–H and O–H groups in total. The molecule has 0 fully saturated rings. The maximum atomic E-state index is 12.2. The van der Waals surface area contributed by atoms with Gasteiger partial charge in [-0.1, -0.05) is 17.4 Å². The first-order valence-electron chi connectivity index (χ1n) is 8.90. The SMILES string of the molecule is CN(CC(=O)Nc1nc2c3c(ccc2s1)CCCC3)C(=O)CNC(=O)CN. The van der Waals surface area contributed by atoms with E-state index < -0.39 is 5.91 Å². The normalized spacial score (nSPS) is 13.1. The Balaban J connectivity index is 1.60. The summed E-state index contributed by atoms with van der Waals surface area (Å²) < 4.78 is 1.06. The molecule has 0 radical (unpaired) electrons. The molecule has 0 spiro atoms. The lowest BCUT2D eigenvalue weighted by molar-refractivity contribution is -0.134. The molecular formula is C18H23N5O3S. The first-order chi connectivity index (χ1) is 13.0. The van der Waals surface area contributed by atoms with Gasteiger partial charge in [-0.05, 0) is 42.9 Å². The predicted molar refractivity (Wildman–Crippen MR) is 105 cm³/mol. The van der Waals surface area contributed by atoms with Gasteiger partial charge < -0.3 is 21.3 Å². The Hall–Kier alpha value is -2.52. The number of nitrogens with two attached hydrogens (primary N) is 1. The molecule has 1 aliphatic rings. The standard InChI is InChI=1S/C18H23N5O3S/c1-23(16(26)9-20-14(24)8-19)10-15(25)21-18-22-17-12-5-3-2-4-11(12)6-7-13(17)27-18/h6-7H,2-5,8-10,19H2,1H3,(H,20,24)(H,21,22,25). The Labute approximate surface area is 161 Å². The number of nitrogens with zero attached hydrogens (tertiary/aromatic N) is 2. The zero-order valence-corrected chi connectivity index (χ0v) is 16.0. The molecule has 3 rings (SSSR count). The van der Waals surface area contributed by atoms with Crippen LogP contribution in [0.25, 0.3) is 10.2 Å². The monoisotopic (exact) mass is 389 g/mol. The van der Waals surface area contributed by atoms with Crippen molar-refractivity contribution in [2.75, 3.05) is 32.0 Å². The van der Waals surface area contributed by atoms with E-state index in [-0.39, 0.29) is 31.4 Å². The van der Waals surface area contributed by atoms with Crippen molar-refractivity contribution in [1.29, 1.82) is 0 Å². The van der Waals surface area contributed by atoms with Crippen LogP contribution < -0.4 is 16.4 Å². The van der Waals surface area contributed by atoms with Crippen LogP contribution >= 0.6 is 11.3 Å². The van der Waals surface area contributed by atoms with Crippen LogP contribution in [0.2, 0.25) is 0 Å². The molecule has 0 saturated heterocycles. The largest absolute Gasteiger partial charge is 0.346 e. The van der Waals surface area contributed by atoms with E-state index >= 15 is 0 Å². The molecular weight excluding hydrogens is 366 g/mol. The van der Waals surface area contributed by atoms with Gasteiger partial charge in [-0.15, -0.1) is 0 Å². The fourth-order valence-electron chi connectivity index (χ4n) is 3.12. The fraction of sp³-hybridized carbons (Fsp3) is 0.444. The average Bonchev–Trinajstić information content (AvgIpc) is 3.08. The van der Waals surface area contributed by atoms with Crippen molar-refractivity contribution in [3.63, 3.8) is 0 Å². The maximum Gasteiger partial charge on any atom is 0.245 e. The highest BCUT2D eigenvalue weighted by atomic mass is 32.1. The molecule has 1 aliphatic carbocycles. The zero-order valence-electron chi connectivity index (χ0n) is 15.2. The van der Waals surface area contributed by atoms with Gasteiger partial charge in [-0.2, -0.15) is 0 Å². The number of hydrogen-bond acceptors (Lipinski definition) is 6. The van der Waals surface area contributed by atoms with E-state index in [1.54, 1.807) is 0 Å². The fourth-order valence-corrected chi connectivity index (χ4v) is 4.03. The van der Waals surface area contributed by atoms with Crippen molar-refractivity contribution >= 4 is 44.4 Å². The van der Waals surface area contributed by atoms with Gasteiger partial charge >= 0.3 is 0 Å². The molecule has 9 heteroatoms. The number of rotatable bonds is 6. The molecule has 0 saturated carbocycles. The smallest absolute Gasteiger partial charge is 0.245 e. The summed E-state index contributed by atoms with van der Waals surface area (Å²) in [6.45, 7) is -0.489. The van der Waals surface area contributed by atoms with Gasteiger partial charge in [0.2, 0.25) is 17.7 Å². The second-order valence-electron chi connectivity index (χ2n) is 6.55. The molecule has 8 nitrogen and oxygen atoms in total. The topological polar surface area (TPSA) is 117 Å². The summed E-state index contributed by atoms with van der Waals surface area (Å²) in [5.41, 5.74) is 8.78. The third-order valence-electron chi connectivity index (χ3n) is 4.56. The summed E-state index contributed by atoms with van der Waals surface area (Å²) in [4.78, 5) is 41.1. The third kappa shape index (κ3) is 4.61. The summed E-state index contributed by atoms with van der Waals surface area (Å²) in [6.07, 6.45) is 4.48. The van der Waals surface area contributed by atoms with Crippen LogP contribution in [0.5, 0.6) is 0 Å². The number of amides is 3. The Morgan fingerprint density at radius 3 is 2.78 bits per heavy atom. The number of thiazole rings is 1. The first-order valence-corrected chi connectivity index (χ1v) is 9.71. The van der Waals surface area contributed by atoms with E-state index in [1.165, 1.54) is 47.3 Å². The molecule has 1 aromatic heterocycles. The molecule has 3 amide bonds. The van der Waals surface area contributed by atoms with Crippen LogP contribution in [0.4, 0.5) is 5.13 Å². The number of anilines is 1. The van der Waals surface area contributed by atoms with Crippen molar-refractivity contribution in [3.05, 3.63) is 23.3 Å². The molecule has 2 aromatic rings. The molecule has 0 unspecified atom stereocenters. The Kier molecular flexibility index (Phi) is 6.02. The number of fused-ring (bicyclic) bond motifs is 3. The van der Waals surface area contributed by atoms with E-state index in [4.69, 9.17) is 5.73 Å². The third-order valence-corrected chi connectivity index (χ3v) is 5.50. The second kappa shape index (κ2) is 8.45. The summed E-state index contributed by atoms with van der Waals surface area (Å²) >= 11 is 1.43. The summed E-state index contributed by atoms with van der Waals surface area (Å²) in [6, 6.07) is 4.21. The lowest BCUT2D eigenvalue weighted by atomic mass is 9.91. The van der Waals surface area contributed by atoms with Crippen LogP contribution in [-0.2, 0) is 27.2 Å². The number of hydrogen-bond donors (Lipinski definition) is 3. The number of likely N-dealkylation sites (N-methyl/N-ethyl adjacent to an activating group) is 1. The van der Waals surface area contributed by atoms with Crippen molar-refractivity contribution < 1.29 is 14.4 Å². The van der Waals surface area contributed by atoms with Crippen molar-refractivity contribution in [1.82, 2.24) is 15.2 Å². The van der Waals surface area contributed by atoms with Gasteiger partial charge in [-0.3, -0.25) is 14.4 Å². The molecule has 0 aliphatic heterocycles. The van der Waals surface area contributed by atoms with Crippen molar-refractivity contribution in [2.24, 2.45) is 5.73 Å². The number of aromatic nitrogens is 1. The second-order valence-corrected chi connectivity index (χ2v) is 7.59. The molecule has 0 atom stereocenters. The number of nitrogens with one attached hydrogen (secondary N) is 2. The van der Waals surface area contributed by atoms with E-state index in [0.717, 1.165) is 23.1 Å². The van der Waals surface area contributed by atoms with Crippen LogP contribution in [0.1, 0.15) is 24.0 Å². The molecule has 1 aromatic carbocycles. The van der Waals surface area contributed by atoms with Gasteiger partial charge in [0.05, 0.1) is 29.9 Å². The van der Waals surface area contributed by atoms with Gasteiger partial charge in [0, 0.05) is 7.05 Å². The minimum atomic E-state index is -0.418. The molecule has 144 valence electrons. The van der Waals surface area contributed by atoms with Crippen LogP contribution in [0, 0.1) is 0 Å². The van der Waals surface area contributed by atoms with Crippen LogP contribution in [0.3, 0.4) is 0 Å². The number of carbonyl (C=O) groups is 3. The Morgan fingerprint density at radius 1 is 1.22 bits per heavy atom. The summed E-state index contributed by atoms with van der Waals surface area (Å²) in [5.74, 6) is -1.12. The van der Waals surface area contributed by atoms with Crippen molar-refractivity contribution in [2.45, 2.75) is 25.7 Å². The highest BCUT2D eigenvalue weighted by Crippen LogP contribution is 2.33. The molecule has 1 heterocycles. The van der Waals surface area contributed by atoms with Gasteiger partial charge in [0.25, 0.3) is 0 Å². The summed E-state index contributed by atoms with van der Waals surface area (Å²) in [5, 5.41) is 5.69. The van der Waals surface area contributed by atoms with E-state index in [0.29, 0.717) is 5.13 Å². The summed E-state index contributed by atoms with van der Waals surface area (Å²) in [7, 11) is 1.51. The van der Waals surface area contributed by atoms with E-state index in [9.17, 15) is 14.4 Å². The zero-order chi connectivity index (χ0) is 19.4. The predicted octanol–water partition coefficient (Wildman–Crippen LogP) is 0.647. The highest BCUT2D eigenvalue weighted by Gasteiger charge is 2.18. The quantitative estimate of drug-likeness (QED) is 0.670. The number of carbonyl (C=O) groups excluding carboxylic acids is 3. The molecule has 0 bridgehead atoms. The minimum Gasteiger partial charge on any atom is -0.346 e. The van der Waals surface area contributed by atoms with Crippen molar-refractivity contribution in [3.8, 4) is 0 Å². The lowest BCUT2D eigenvalue weighted by Crippen LogP contribution is -2.42.